The van der Waals surface area contributed by atoms with E-state index in [0.717, 1.165) is 30.6 Å². The van der Waals surface area contributed by atoms with Crippen molar-refractivity contribution < 1.29 is 19.0 Å². The SMILES string of the molecule is CCCCSc1nc2n(n1)C(c1ccc(OCCC)c(OCC)c1)C(C(=O)Nc1ccccc1OCC)=C(C)N2. The second kappa shape index (κ2) is 14.1. The van der Waals surface area contributed by atoms with Gasteiger partial charge in [-0.15, -0.1) is 5.10 Å². The first kappa shape index (κ1) is 29.3. The molecule has 0 saturated heterocycles. The molecule has 0 radical (unpaired) electrons. The summed E-state index contributed by atoms with van der Waals surface area (Å²) in [6.45, 7) is 11.5. The fourth-order valence-corrected chi connectivity index (χ4v) is 5.35. The Morgan fingerprint density at radius 3 is 2.52 bits per heavy atom. The molecule has 0 spiro atoms. The number of unbranched alkanes of at least 4 members (excludes halogenated alkanes) is 1. The predicted octanol–water partition coefficient (Wildman–Crippen LogP) is 6.68. The quantitative estimate of drug-likeness (QED) is 0.165. The van der Waals surface area contributed by atoms with Crippen molar-refractivity contribution in [1.82, 2.24) is 14.8 Å². The van der Waals surface area contributed by atoms with E-state index in [1.807, 2.05) is 63.2 Å². The molecular formula is C30H39N5O4S. The van der Waals surface area contributed by atoms with Crippen molar-refractivity contribution in [3.63, 3.8) is 0 Å². The van der Waals surface area contributed by atoms with Crippen LogP contribution in [0.1, 0.15) is 65.5 Å². The first-order valence-electron chi connectivity index (χ1n) is 14.0. The highest BCUT2D eigenvalue weighted by molar-refractivity contribution is 7.99. The number of hydrogen-bond donors (Lipinski definition) is 2. The number of amides is 1. The molecule has 40 heavy (non-hydrogen) atoms. The van der Waals surface area contributed by atoms with Gasteiger partial charge in [-0.1, -0.05) is 50.2 Å². The molecule has 0 saturated carbocycles. The number of para-hydroxylation sites is 2. The number of nitrogens with zero attached hydrogens (tertiary/aromatic N) is 3. The second-order valence-electron chi connectivity index (χ2n) is 9.30. The van der Waals surface area contributed by atoms with E-state index in [9.17, 15) is 4.79 Å². The van der Waals surface area contributed by atoms with Gasteiger partial charge in [-0.3, -0.25) is 4.79 Å². The van der Waals surface area contributed by atoms with E-state index in [-0.39, 0.29) is 5.91 Å². The summed E-state index contributed by atoms with van der Waals surface area (Å²) in [6.07, 6.45) is 3.06. The van der Waals surface area contributed by atoms with Crippen LogP contribution in [0.2, 0.25) is 0 Å². The highest BCUT2D eigenvalue weighted by Gasteiger charge is 2.35. The van der Waals surface area contributed by atoms with Crippen LogP contribution in [0.15, 0.2) is 58.9 Å². The van der Waals surface area contributed by atoms with Crippen LogP contribution in [-0.2, 0) is 4.79 Å². The van der Waals surface area contributed by atoms with Crippen LogP contribution in [0, 0.1) is 0 Å². The standard InChI is InChI=1S/C30H39N5O4S/c1-6-10-18-40-30-33-29-31-20(5)26(28(36)32-22-13-11-12-14-23(22)37-8-3)27(35(29)34-30)21-15-16-24(39-17-7-2)25(19-21)38-9-4/h11-16,19,27H,6-10,17-18H2,1-5H3,(H,32,36)(H,31,33,34). The van der Waals surface area contributed by atoms with Crippen LogP contribution in [0.25, 0.3) is 0 Å². The summed E-state index contributed by atoms with van der Waals surface area (Å²) < 4.78 is 19.4. The Balaban J connectivity index is 1.77. The minimum atomic E-state index is -0.539. The van der Waals surface area contributed by atoms with E-state index in [1.54, 1.807) is 16.4 Å². The van der Waals surface area contributed by atoms with Crippen molar-refractivity contribution in [3.8, 4) is 17.2 Å². The monoisotopic (exact) mass is 565 g/mol. The van der Waals surface area contributed by atoms with Crippen molar-refractivity contribution in [2.75, 3.05) is 36.2 Å². The summed E-state index contributed by atoms with van der Waals surface area (Å²) >= 11 is 1.62. The fourth-order valence-electron chi connectivity index (χ4n) is 4.44. The molecule has 1 atom stereocenters. The van der Waals surface area contributed by atoms with Crippen molar-refractivity contribution in [1.29, 1.82) is 0 Å². The summed E-state index contributed by atoms with van der Waals surface area (Å²) in [7, 11) is 0. The summed E-state index contributed by atoms with van der Waals surface area (Å²) in [4.78, 5) is 18.7. The number of hydrogen-bond acceptors (Lipinski definition) is 8. The molecule has 0 bridgehead atoms. The van der Waals surface area contributed by atoms with E-state index < -0.39 is 6.04 Å². The molecule has 4 rings (SSSR count). The molecule has 1 unspecified atom stereocenters. The molecule has 0 fully saturated rings. The Hall–Kier alpha value is -3.66. The minimum absolute atomic E-state index is 0.257. The maximum atomic E-state index is 14.0. The number of aromatic nitrogens is 3. The smallest absolute Gasteiger partial charge is 0.255 e. The van der Waals surface area contributed by atoms with E-state index >= 15 is 0 Å². The molecule has 1 amide bonds. The second-order valence-corrected chi connectivity index (χ2v) is 10.4. The molecule has 2 heterocycles. The predicted molar refractivity (Wildman–Crippen MR) is 160 cm³/mol. The number of carbonyl (C=O) groups excluding carboxylic acids is 1. The molecule has 10 heteroatoms. The maximum absolute atomic E-state index is 14.0. The number of thioether (sulfide) groups is 1. The number of benzene rings is 2. The Kier molecular flexibility index (Phi) is 10.3. The van der Waals surface area contributed by atoms with Gasteiger partial charge in [-0.25, -0.2) is 4.68 Å². The van der Waals surface area contributed by atoms with Crippen LogP contribution in [0.5, 0.6) is 17.2 Å². The third kappa shape index (κ3) is 6.72. The number of anilines is 2. The highest BCUT2D eigenvalue weighted by atomic mass is 32.2. The molecule has 1 aliphatic rings. The van der Waals surface area contributed by atoms with E-state index in [4.69, 9.17) is 24.3 Å². The lowest BCUT2D eigenvalue weighted by molar-refractivity contribution is -0.113. The first-order valence-corrected chi connectivity index (χ1v) is 15.0. The lowest BCUT2D eigenvalue weighted by Gasteiger charge is -2.29. The van der Waals surface area contributed by atoms with Gasteiger partial charge in [-0.2, -0.15) is 4.98 Å². The summed E-state index contributed by atoms with van der Waals surface area (Å²) in [6, 6.07) is 12.7. The topological polar surface area (TPSA) is 99.5 Å². The Morgan fingerprint density at radius 2 is 1.77 bits per heavy atom. The molecule has 214 valence electrons. The van der Waals surface area contributed by atoms with Crippen molar-refractivity contribution in [3.05, 3.63) is 59.3 Å². The average Bonchev–Trinajstić information content (AvgIpc) is 3.35. The van der Waals surface area contributed by atoms with Crippen LogP contribution >= 0.6 is 11.8 Å². The van der Waals surface area contributed by atoms with Crippen LogP contribution in [0.3, 0.4) is 0 Å². The van der Waals surface area contributed by atoms with Crippen molar-refractivity contribution in [2.45, 2.75) is 65.1 Å². The van der Waals surface area contributed by atoms with Crippen LogP contribution in [0.4, 0.5) is 11.6 Å². The zero-order valence-corrected chi connectivity index (χ0v) is 24.8. The number of nitrogens with one attached hydrogen (secondary N) is 2. The van der Waals surface area contributed by atoms with Crippen LogP contribution < -0.4 is 24.8 Å². The van der Waals surface area contributed by atoms with Gasteiger partial charge in [-0.05, 0) is 63.4 Å². The third-order valence-electron chi connectivity index (χ3n) is 6.29. The number of carbonyl (C=O) groups is 1. The van der Waals surface area contributed by atoms with Crippen LogP contribution in [-0.4, -0.2) is 46.2 Å². The molecule has 1 aliphatic heterocycles. The van der Waals surface area contributed by atoms with Crippen molar-refractivity contribution in [2.24, 2.45) is 0 Å². The van der Waals surface area contributed by atoms with Gasteiger partial charge in [0.25, 0.3) is 5.91 Å². The van der Waals surface area contributed by atoms with E-state index in [0.29, 0.717) is 65.1 Å². The maximum Gasteiger partial charge on any atom is 0.255 e. The molecule has 3 aromatic rings. The van der Waals surface area contributed by atoms with Gasteiger partial charge in [0, 0.05) is 11.4 Å². The number of fused-ring (bicyclic) bond motifs is 1. The largest absolute Gasteiger partial charge is 0.492 e. The normalized spacial score (nSPS) is 14.4. The molecule has 2 N–H and O–H groups in total. The summed E-state index contributed by atoms with van der Waals surface area (Å²) in [5, 5.41) is 11.9. The molecule has 1 aromatic heterocycles. The Labute approximate surface area is 240 Å². The first-order chi connectivity index (χ1) is 19.5. The van der Waals surface area contributed by atoms with Crippen molar-refractivity contribution >= 4 is 29.3 Å². The average molecular weight is 566 g/mol. The zero-order valence-electron chi connectivity index (χ0n) is 24.0. The lowest BCUT2D eigenvalue weighted by Crippen LogP contribution is -2.31. The number of ether oxygens (including phenoxy) is 3. The van der Waals surface area contributed by atoms with Gasteiger partial charge in [0.05, 0.1) is 31.1 Å². The fraction of sp³-hybridized carbons (Fsp3) is 0.433. The summed E-state index contributed by atoms with van der Waals surface area (Å²) in [5.41, 5.74) is 2.67. The van der Waals surface area contributed by atoms with Gasteiger partial charge in [0.1, 0.15) is 11.8 Å². The van der Waals surface area contributed by atoms with E-state index in [2.05, 4.69) is 24.5 Å². The van der Waals surface area contributed by atoms with Gasteiger partial charge in [0.2, 0.25) is 11.1 Å². The highest BCUT2D eigenvalue weighted by Crippen LogP contribution is 2.40. The number of rotatable bonds is 14. The zero-order chi connectivity index (χ0) is 28.5. The molecule has 0 aliphatic carbocycles. The third-order valence-corrected chi connectivity index (χ3v) is 7.21. The lowest BCUT2D eigenvalue weighted by atomic mass is 9.94. The Morgan fingerprint density at radius 1 is 1.00 bits per heavy atom. The van der Waals surface area contributed by atoms with Gasteiger partial charge < -0.3 is 24.8 Å². The van der Waals surface area contributed by atoms with E-state index in [1.165, 1.54) is 0 Å². The molecule has 9 nitrogen and oxygen atoms in total. The minimum Gasteiger partial charge on any atom is -0.492 e. The summed E-state index contributed by atoms with van der Waals surface area (Å²) in [5.74, 6) is 3.18. The molecular weight excluding hydrogens is 526 g/mol. The number of allylic oxidation sites excluding steroid dienone is 1. The Bertz CT molecular complexity index is 1340. The molecule has 2 aromatic carbocycles. The van der Waals surface area contributed by atoms with Gasteiger partial charge >= 0.3 is 0 Å². The van der Waals surface area contributed by atoms with Gasteiger partial charge in [0.15, 0.2) is 11.5 Å².